The lowest BCUT2D eigenvalue weighted by Gasteiger charge is -2.32. The van der Waals surface area contributed by atoms with Crippen molar-refractivity contribution in [2.24, 2.45) is 0 Å². The number of hydrogen-bond donors (Lipinski definition) is 0. The lowest BCUT2D eigenvalue weighted by Crippen LogP contribution is -2.35. The third-order valence-corrected chi connectivity index (χ3v) is 4.40. The molecular formula is C20H26N6. The van der Waals surface area contributed by atoms with Crippen molar-refractivity contribution in [3.63, 3.8) is 0 Å². The van der Waals surface area contributed by atoms with Gasteiger partial charge in [-0.3, -0.25) is 9.88 Å². The number of tetrazole rings is 1. The zero-order valence-corrected chi connectivity index (χ0v) is 15.9. The highest BCUT2D eigenvalue weighted by Crippen LogP contribution is 2.30. The molecule has 136 valence electrons. The first-order chi connectivity index (χ1) is 12.5. The minimum absolute atomic E-state index is 0.0440. The summed E-state index contributed by atoms with van der Waals surface area (Å²) >= 11 is 0. The van der Waals surface area contributed by atoms with Crippen LogP contribution in [0.2, 0.25) is 0 Å². The quantitative estimate of drug-likeness (QED) is 0.681. The minimum atomic E-state index is -0.198. The minimum Gasteiger partial charge on any atom is -0.286 e. The average molecular weight is 350 g/mol. The van der Waals surface area contributed by atoms with Crippen molar-refractivity contribution in [2.75, 3.05) is 6.54 Å². The Kier molecular flexibility index (Phi) is 5.42. The summed E-state index contributed by atoms with van der Waals surface area (Å²) in [5.74, 6) is 0.849. The van der Waals surface area contributed by atoms with Crippen LogP contribution in [0.4, 0.5) is 0 Å². The van der Waals surface area contributed by atoms with Crippen molar-refractivity contribution in [2.45, 2.75) is 45.8 Å². The molecule has 1 aromatic carbocycles. The van der Waals surface area contributed by atoms with E-state index in [0.717, 1.165) is 24.5 Å². The number of rotatable bonds is 6. The summed E-state index contributed by atoms with van der Waals surface area (Å²) in [5, 5.41) is 12.7. The van der Waals surface area contributed by atoms with Crippen LogP contribution < -0.4 is 0 Å². The number of pyridine rings is 1. The summed E-state index contributed by atoms with van der Waals surface area (Å²) in [5.41, 5.74) is 2.21. The van der Waals surface area contributed by atoms with Gasteiger partial charge < -0.3 is 0 Å². The topological polar surface area (TPSA) is 59.7 Å². The molecule has 6 nitrogen and oxygen atoms in total. The second kappa shape index (κ2) is 7.74. The highest BCUT2D eigenvalue weighted by Gasteiger charge is 2.30. The van der Waals surface area contributed by atoms with Gasteiger partial charge in [-0.2, -0.15) is 0 Å². The van der Waals surface area contributed by atoms with Crippen LogP contribution in [0, 0.1) is 0 Å². The lowest BCUT2D eigenvalue weighted by molar-refractivity contribution is 0.203. The Morgan fingerprint density at radius 1 is 1.04 bits per heavy atom. The van der Waals surface area contributed by atoms with Crippen LogP contribution in [0.25, 0.3) is 0 Å². The Hall–Kier alpha value is -2.60. The molecule has 0 saturated carbocycles. The van der Waals surface area contributed by atoms with Crippen LogP contribution in [0.3, 0.4) is 0 Å². The van der Waals surface area contributed by atoms with Crippen LogP contribution in [-0.2, 0) is 12.1 Å². The number of nitrogens with zero attached hydrogens (tertiary/aromatic N) is 6. The Labute approximate surface area is 154 Å². The second-order valence-corrected chi connectivity index (χ2v) is 7.35. The second-order valence-electron chi connectivity index (χ2n) is 7.35. The summed E-state index contributed by atoms with van der Waals surface area (Å²) in [6.07, 6.45) is 3.65. The Bertz CT molecular complexity index is 807. The fraction of sp³-hybridized carbons (Fsp3) is 0.400. The number of hydrogen-bond acceptors (Lipinski definition) is 5. The highest BCUT2D eigenvalue weighted by molar-refractivity contribution is 5.24. The molecule has 1 atom stereocenters. The third kappa shape index (κ3) is 3.96. The molecule has 2 heterocycles. The van der Waals surface area contributed by atoms with Gasteiger partial charge in [-0.05, 0) is 61.0 Å². The van der Waals surface area contributed by atoms with Crippen LogP contribution in [0.15, 0.2) is 54.9 Å². The monoisotopic (exact) mass is 350 g/mol. The first-order valence-corrected chi connectivity index (χ1v) is 8.97. The fourth-order valence-corrected chi connectivity index (χ4v) is 3.11. The smallest absolute Gasteiger partial charge is 0.173 e. The first-order valence-electron chi connectivity index (χ1n) is 8.97. The molecule has 26 heavy (non-hydrogen) atoms. The zero-order valence-electron chi connectivity index (χ0n) is 15.9. The van der Waals surface area contributed by atoms with Gasteiger partial charge in [-0.1, -0.05) is 37.3 Å². The van der Waals surface area contributed by atoms with Crippen molar-refractivity contribution < 1.29 is 0 Å². The predicted octanol–water partition coefficient (Wildman–Crippen LogP) is 3.43. The molecule has 0 fully saturated rings. The van der Waals surface area contributed by atoms with Gasteiger partial charge in [0, 0.05) is 18.9 Å². The van der Waals surface area contributed by atoms with Gasteiger partial charge in [-0.15, -0.1) is 5.10 Å². The SMILES string of the molecule is CCN(Cc1ccccc1)[C@@H](c1ccncc1)c1nnnn1C(C)(C)C. The van der Waals surface area contributed by atoms with Crippen molar-refractivity contribution in [1.82, 2.24) is 30.1 Å². The molecule has 0 saturated heterocycles. The normalized spacial score (nSPS) is 13.1. The van der Waals surface area contributed by atoms with E-state index in [0.29, 0.717) is 0 Å². The molecule has 0 spiro atoms. The van der Waals surface area contributed by atoms with Crippen LogP contribution >= 0.6 is 0 Å². The van der Waals surface area contributed by atoms with Gasteiger partial charge in [0.15, 0.2) is 5.82 Å². The van der Waals surface area contributed by atoms with Crippen LogP contribution in [0.1, 0.15) is 50.7 Å². The van der Waals surface area contributed by atoms with Gasteiger partial charge in [0.1, 0.15) is 0 Å². The Morgan fingerprint density at radius 2 is 1.73 bits per heavy atom. The molecule has 2 aromatic heterocycles. The Balaban J connectivity index is 2.05. The van der Waals surface area contributed by atoms with E-state index in [1.54, 1.807) is 0 Å². The maximum absolute atomic E-state index is 4.41. The highest BCUT2D eigenvalue weighted by atomic mass is 15.6. The van der Waals surface area contributed by atoms with E-state index in [1.165, 1.54) is 5.56 Å². The standard InChI is InChI=1S/C20H26N6/c1-5-25(15-16-9-7-6-8-10-16)18(17-11-13-21-14-12-17)19-22-23-24-26(19)20(2,3)4/h6-14,18H,5,15H2,1-4H3/t18-/m0/s1. The van der Waals surface area contributed by atoms with E-state index in [-0.39, 0.29) is 11.6 Å². The summed E-state index contributed by atoms with van der Waals surface area (Å²) in [4.78, 5) is 6.56. The molecular weight excluding hydrogens is 324 g/mol. The van der Waals surface area contributed by atoms with Crippen LogP contribution in [-0.4, -0.2) is 36.6 Å². The summed E-state index contributed by atoms with van der Waals surface area (Å²) in [6, 6.07) is 14.5. The van der Waals surface area contributed by atoms with Crippen molar-refractivity contribution >= 4 is 0 Å². The summed E-state index contributed by atoms with van der Waals surface area (Å²) in [6.45, 7) is 10.2. The maximum Gasteiger partial charge on any atom is 0.173 e. The van der Waals surface area contributed by atoms with Gasteiger partial charge in [0.2, 0.25) is 0 Å². The largest absolute Gasteiger partial charge is 0.286 e. The maximum atomic E-state index is 4.41. The summed E-state index contributed by atoms with van der Waals surface area (Å²) in [7, 11) is 0. The first kappa shape index (κ1) is 18.2. The number of benzene rings is 1. The van der Waals surface area contributed by atoms with E-state index in [1.807, 2.05) is 35.3 Å². The van der Waals surface area contributed by atoms with Crippen molar-refractivity contribution in [3.05, 3.63) is 71.8 Å². The molecule has 0 amide bonds. The van der Waals surface area contributed by atoms with E-state index >= 15 is 0 Å². The number of aromatic nitrogens is 5. The third-order valence-electron chi connectivity index (χ3n) is 4.40. The van der Waals surface area contributed by atoms with Gasteiger partial charge >= 0.3 is 0 Å². The molecule has 6 heteroatoms. The fourth-order valence-electron chi connectivity index (χ4n) is 3.11. The van der Waals surface area contributed by atoms with Crippen molar-refractivity contribution in [1.29, 1.82) is 0 Å². The molecule has 0 unspecified atom stereocenters. The molecule has 0 aliphatic heterocycles. The molecule has 0 aliphatic rings. The predicted molar refractivity (Wildman–Crippen MR) is 101 cm³/mol. The molecule has 3 rings (SSSR count). The molecule has 0 bridgehead atoms. The average Bonchev–Trinajstić information content (AvgIpc) is 3.13. The van der Waals surface area contributed by atoms with E-state index in [9.17, 15) is 0 Å². The van der Waals surface area contributed by atoms with Crippen molar-refractivity contribution in [3.8, 4) is 0 Å². The Morgan fingerprint density at radius 3 is 2.35 bits per heavy atom. The van der Waals surface area contributed by atoms with Gasteiger partial charge in [-0.25, -0.2) is 4.68 Å². The van der Waals surface area contributed by atoms with E-state index < -0.39 is 0 Å². The van der Waals surface area contributed by atoms with Gasteiger partial charge in [0.05, 0.1) is 11.6 Å². The lowest BCUT2D eigenvalue weighted by atomic mass is 10.0. The van der Waals surface area contributed by atoms with E-state index in [2.05, 4.69) is 77.4 Å². The molecule has 3 aromatic rings. The van der Waals surface area contributed by atoms with Crippen LogP contribution in [0.5, 0.6) is 0 Å². The molecule has 0 radical (unpaired) electrons. The molecule has 0 N–H and O–H groups in total. The molecule has 0 aliphatic carbocycles. The summed E-state index contributed by atoms with van der Waals surface area (Å²) < 4.78 is 1.92. The zero-order chi connectivity index (χ0) is 18.6. The van der Waals surface area contributed by atoms with Gasteiger partial charge in [0.25, 0.3) is 0 Å². The van der Waals surface area contributed by atoms with E-state index in [4.69, 9.17) is 0 Å².